The third kappa shape index (κ3) is 5.57. The number of nitrogens with zero attached hydrogens (tertiary/aromatic N) is 1. The average molecular weight is 339 g/mol. The van der Waals surface area contributed by atoms with Gasteiger partial charge in [0.2, 0.25) is 0 Å². The van der Waals surface area contributed by atoms with Crippen molar-refractivity contribution >= 4 is 17.7 Å². The predicted molar refractivity (Wildman–Crippen MR) is 97.4 cm³/mol. The fraction of sp³-hybridized carbons (Fsp3) is 0.250. The molecule has 0 amide bonds. The van der Waals surface area contributed by atoms with Crippen LogP contribution in [0.1, 0.15) is 42.3 Å². The average Bonchev–Trinajstić information content (AvgIpc) is 2.54. The zero-order valence-electron chi connectivity index (χ0n) is 14.6. The van der Waals surface area contributed by atoms with Crippen LogP contribution < -0.4 is 0 Å². The molecule has 2 aromatic rings. The van der Waals surface area contributed by atoms with Crippen molar-refractivity contribution in [3.63, 3.8) is 0 Å². The highest BCUT2D eigenvalue weighted by Gasteiger charge is 2.25. The Labute approximate surface area is 147 Å². The maximum atomic E-state index is 12.2. The zero-order valence-corrected chi connectivity index (χ0v) is 14.6. The molecule has 0 aromatic heterocycles. The molecule has 2 aromatic carbocycles. The molecular formula is C20H21NO4. The molecule has 0 fully saturated rings. The molecule has 0 heterocycles. The van der Waals surface area contributed by atoms with Crippen molar-refractivity contribution in [2.24, 2.45) is 0 Å². The van der Waals surface area contributed by atoms with Gasteiger partial charge in [-0.1, -0.05) is 48.6 Å². The largest absolute Gasteiger partial charge is 0.456 e. The van der Waals surface area contributed by atoms with E-state index in [0.29, 0.717) is 5.56 Å². The lowest BCUT2D eigenvalue weighted by Crippen LogP contribution is -2.24. The molecule has 5 heteroatoms. The Kier molecular flexibility index (Phi) is 5.70. The molecule has 0 aliphatic carbocycles. The van der Waals surface area contributed by atoms with Crippen LogP contribution in [-0.2, 0) is 11.2 Å². The van der Waals surface area contributed by atoms with Crippen LogP contribution in [0.4, 0.5) is 5.69 Å². The molecule has 0 aliphatic rings. The molecule has 0 atom stereocenters. The molecule has 5 nitrogen and oxygen atoms in total. The molecular weight excluding hydrogens is 318 g/mol. The van der Waals surface area contributed by atoms with Gasteiger partial charge in [0.1, 0.15) is 11.2 Å². The van der Waals surface area contributed by atoms with Crippen molar-refractivity contribution in [1.82, 2.24) is 0 Å². The van der Waals surface area contributed by atoms with Gasteiger partial charge in [-0.15, -0.1) is 0 Å². The summed E-state index contributed by atoms with van der Waals surface area (Å²) in [5.74, 6) is -0.695. The standard InChI is InChI=1S/C20H21NO4/c1-20(2,3)25-19(22)17-13-12-16(14-18(17)21(23)24)11-7-10-15-8-5-4-6-9-15/h4-9,11-14H,10H2,1-3H3/b11-7+. The lowest BCUT2D eigenvalue weighted by Gasteiger charge is -2.19. The number of hydrogen-bond donors (Lipinski definition) is 0. The second kappa shape index (κ2) is 7.75. The van der Waals surface area contributed by atoms with Gasteiger partial charge >= 0.3 is 5.97 Å². The van der Waals surface area contributed by atoms with Crippen LogP contribution in [0.2, 0.25) is 0 Å². The molecule has 0 unspecified atom stereocenters. The number of nitro benzene ring substituents is 1. The molecule has 130 valence electrons. The van der Waals surface area contributed by atoms with Crippen LogP contribution in [0.25, 0.3) is 6.08 Å². The third-order valence-electron chi connectivity index (χ3n) is 3.34. The van der Waals surface area contributed by atoms with E-state index in [1.54, 1.807) is 32.9 Å². The van der Waals surface area contributed by atoms with Crippen molar-refractivity contribution < 1.29 is 14.5 Å². The molecule has 0 bridgehead atoms. The first-order valence-corrected chi connectivity index (χ1v) is 7.98. The first kappa shape index (κ1) is 18.4. The zero-order chi connectivity index (χ0) is 18.4. The van der Waals surface area contributed by atoms with Gasteiger partial charge in [-0.2, -0.15) is 0 Å². The van der Waals surface area contributed by atoms with Gasteiger partial charge in [0.05, 0.1) is 4.92 Å². The quantitative estimate of drug-likeness (QED) is 0.445. The molecule has 0 saturated carbocycles. The molecule has 25 heavy (non-hydrogen) atoms. The predicted octanol–water partition coefficient (Wildman–Crippen LogP) is 4.81. The van der Waals surface area contributed by atoms with E-state index < -0.39 is 16.5 Å². The van der Waals surface area contributed by atoms with Crippen LogP contribution >= 0.6 is 0 Å². The summed E-state index contributed by atoms with van der Waals surface area (Å²) in [6.07, 6.45) is 4.46. The summed E-state index contributed by atoms with van der Waals surface area (Å²) < 4.78 is 5.23. The number of hydrogen-bond acceptors (Lipinski definition) is 4. The number of carbonyl (C=O) groups is 1. The highest BCUT2D eigenvalue weighted by atomic mass is 16.6. The molecule has 0 radical (unpaired) electrons. The van der Waals surface area contributed by atoms with Crippen molar-refractivity contribution in [1.29, 1.82) is 0 Å². The molecule has 0 aliphatic heterocycles. The number of nitro groups is 1. The Morgan fingerprint density at radius 3 is 2.44 bits per heavy atom. The molecule has 0 spiro atoms. The Bertz CT molecular complexity index is 789. The van der Waals surface area contributed by atoms with Gasteiger partial charge in [-0.3, -0.25) is 10.1 Å². The second-order valence-electron chi connectivity index (χ2n) is 6.63. The van der Waals surface area contributed by atoms with E-state index in [1.165, 1.54) is 12.1 Å². The van der Waals surface area contributed by atoms with Crippen molar-refractivity contribution in [2.45, 2.75) is 32.8 Å². The minimum atomic E-state index is -0.709. The summed E-state index contributed by atoms with van der Waals surface area (Å²) >= 11 is 0. The van der Waals surface area contributed by atoms with Crippen molar-refractivity contribution in [3.8, 4) is 0 Å². The summed E-state index contributed by atoms with van der Waals surface area (Å²) in [5.41, 5.74) is 0.809. The van der Waals surface area contributed by atoms with Gasteiger partial charge in [0, 0.05) is 6.07 Å². The fourth-order valence-electron chi connectivity index (χ4n) is 2.25. The lowest BCUT2D eigenvalue weighted by molar-refractivity contribution is -0.385. The Balaban J connectivity index is 2.20. The van der Waals surface area contributed by atoms with E-state index in [2.05, 4.69) is 0 Å². The Morgan fingerprint density at radius 2 is 1.84 bits per heavy atom. The topological polar surface area (TPSA) is 69.4 Å². The van der Waals surface area contributed by atoms with Gasteiger partial charge in [0.15, 0.2) is 0 Å². The SMILES string of the molecule is CC(C)(C)OC(=O)c1ccc(/C=C/Cc2ccccc2)cc1[N+](=O)[O-]. The van der Waals surface area contributed by atoms with E-state index in [-0.39, 0.29) is 11.3 Å². The minimum absolute atomic E-state index is 0.0415. The first-order valence-electron chi connectivity index (χ1n) is 7.98. The monoisotopic (exact) mass is 339 g/mol. The maximum absolute atomic E-state index is 12.2. The summed E-state index contributed by atoms with van der Waals surface area (Å²) in [4.78, 5) is 22.9. The highest BCUT2D eigenvalue weighted by Crippen LogP contribution is 2.24. The number of esters is 1. The smallest absolute Gasteiger partial charge is 0.345 e. The van der Waals surface area contributed by atoms with Crippen LogP contribution in [-0.4, -0.2) is 16.5 Å². The summed E-state index contributed by atoms with van der Waals surface area (Å²) in [6, 6.07) is 14.4. The van der Waals surface area contributed by atoms with Crippen molar-refractivity contribution in [3.05, 3.63) is 81.4 Å². The third-order valence-corrected chi connectivity index (χ3v) is 3.34. The molecule has 0 saturated heterocycles. The van der Waals surface area contributed by atoms with E-state index in [4.69, 9.17) is 4.74 Å². The van der Waals surface area contributed by atoms with Gasteiger partial charge < -0.3 is 4.74 Å². The second-order valence-corrected chi connectivity index (χ2v) is 6.63. The number of allylic oxidation sites excluding steroid dienone is 1. The molecule has 2 rings (SSSR count). The van der Waals surface area contributed by atoms with Gasteiger partial charge in [-0.25, -0.2) is 4.79 Å². The number of ether oxygens (including phenoxy) is 1. The van der Waals surface area contributed by atoms with Crippen LogP contribution in [0.5, 0.6) is 0 Å². The fourth-order valence-corrected chi connectivity index (χ4v) is 2.25. The summed E-state index contributed by atoms with van der Waals surface area (Å²) in [7, 11) is 0. The van der Waals surface area contributed by atoms with Crippen molar-refractivity contribution in [2.75, 3.05) is 0 Å². The number of carbonyl (C=O) groups excluding carboxylic acids is 1. The number of rotatable bonds is 5. The van der Waals surface area contributed by atoms with E-state index >= 15 is 0 Å². The van der Waals surface area contributed by atoms with Gasteiger partial charge in [0.25, 0.3) is 5.69 Å². The Morgan fingerprint density at radius 1 is 1.16 bits per heavy atom. The van der Waals surface area contributed by atoms with E-state index in [1.807, 2.05) is 36.4 Å². The summed E-state index contributed by atoms with van der Waals surface area (Å²) in [5, 5.41) is 11.3. The normalized spacial score (nSPS) is 11.5. The van der Waals surface area contributed by atoms with E-state index in [9.17, 15) is 14.9 Å². The van der Waals surface area contributed by atoms with E-state index in [0.717, 1.165) is 12.0 Å². The maximum Gasteiger partial charge on any atom is 0.345 e. The Hall–Kier alpha value is -2.95. The number of benzene rings is 2. The lowest BCUT2D eigenvalue weighted by atomic mass is 10.1. The minimum Gasteiger partial charge on any atom is -0.456 e. The first-order chi connectivity index (χ1) is 11.8. The summed E-state index contributed by atoms with van der Waals surface area (Å²) in [6.45, 7) is 5.16. The highest BCUT2D eigenvalue weighted by molar-refractivity contribution is 5.94. The van der Waals surface area contributed by atoms with Crippen LogP contribution in [0.3, 0.4) is 0 Å². The van der Waals surface area contributed by atoms with Crippen LogP contribution in [0.15, 0.2) is 54.6 Å². The molecule has 0 N–H and O–H groups in total. The van der Waals surface area contributed by atoms with Gasteiger partial charge in [-0.05, 0) is 44.4 Å². The van der Waals surface area contributed by atoms with Crippen LogP contribution in [0, 0.1) is 10.1 Å².